The number of rotatable bonds is 5. The van der Waals surface area contributed by atoms with Crippen LogP contribution in [0.3, 0.4) is 0 Å². The maximum atomic E-state index is 12.2. The molecule has 0 bridgehead atoms. The van der Waals surface area contributed by atoms with Crippen LogP contribution in [0.5, 0.6) is 0 Å². The van der Waals surface area contributed by atoms with Gasteiger partial charge in [0, 0.05) is 36.5 Å². The van der Waals surface area contributed by atoms with Gasteiger partial charge in [0.15, 0.2) is 0 Å². The lowest BCUT2D eigenvalue weighted by atomic mass is 10.1. The lowest BCUT2D eigenvalue weighted by Crippen LogP contribution is -2.09. The zero-order chi connectivity index (χ0) is 17.0. The molecule has 0 saturated heterocycles. The Morgan fingerprint density at radius 3 is 2.42 bits per heavy atom. The summed E-state index contributed by atoms with van der Waals surface area (Å²) < 4.78 is 38.1. The molecule has 0 spiro atoms. The van der Waals surface area contributed by atoms with Crippen LogP contribution in [-0.2, 0) is 6.54 Å². The number of halogens is 3. The van der Waals surface area contributed by atoms with Crippen molar-refractivity contribution in [1.82, 2.24) is 14.8 Å². The summed E-state index contributed by atoms with van der Waals surface area (Å²) in [5.74, 6) is 0. The summed E-state index contributed by atoms with van der Waals surface area (Å²) >= 11 is 0. The summed E-state index contributed by atoms with van der Waals surface area (Å²) in [5, 5.41) is 4.36. The van der Waals surface area contributed by atoms with E-state index >= 15 is 0 Å². The molecule has 2 heterocycles. The van der Waals surface area contributed by atoms with Gasteiger partial charge in [-0.2, -0.15) is 18.3 Å². The van der Waals surface area contributed by atoms with Gasteiger partial charge in [0.25, 0.3) is 0 Å². The summed E-state index contributed by atoms with van der Waals surface area (Å²) in [7, 11) is 0. The molecule has 3 aromatic rings. The summed E-state index contributed by atoms with van der Waals surface area (Å²) in [4.78, 5) is 4.32. The van der Waals surface area contributed by atoms with Gasteiger partial charge in [-0.1, -0.05) is 24.3 Å². The molecule has 0 unspecified atom stereocenters. The van der Waals surface area contributed by atoms with Crippen molar-refractivity contribution in [3.05, 3.63) is 60.9 Å². The summed E-state index contributed by atoms with van der Waals surface area (Å²) in [5.41, 5.74) is 3.48. The summed E-state index contributed by atoms with van der Waals surface area (Å²) in [6.07, 6.45) is -1.44. The molecular formula is C18H16F3N3. The standard InChI is InChI=1S/C18H16F3N3/c19-18(20,21)9-4-11-24-12-8-17(23-24)15-6-3-5-14(13-15)16-7-1-2-10-22-16/h1-3,5-8,10,12-13H,4,9,11H2. The van der Waals surface area contributed by atoms with E-state index in [0.717, 1.165) is 22.5 Å². The van der Waals surface area contributed by atoms with Crippen LogP contribution in [0.2, 0.25) is 0 Å². The third kappa shape index (κ3) is 4.22. The van der Waals surface area contributed by atoms with Gasteiger partial charge in [-0.25, -0.2) is 0 Å². The average Bonchev–Trinajstić information content (AvgIpc) is 3.04. The fourth-order valence-corrected chi connectivity index (χ4v) is 2.45. The van der Waals surface area contributed by atoms with Crippen LogP contribution in [0, 0.1) is 0 Å². The van der Waals surface area contributed by atoms with Crippen LogP contribution in [0.25, 0.3) is 22.5 Å². The summed E-state index contributed by atoms with van der Waals surface area (Å²) in [6, 6.07) is 15.3. The number of benzene rings is 1. The van der Waals surface area contributed by atoms with Crippen molar-refractivity contribution in [3.63, 3.8) is 0 Å². The van der Waals surface area contributed by atoms with E-state index in [0.29, 0.717) is 0 Å². The molecule has 0 radical (unpaired) electrons. The predicted octanol–water partition coefficient (Wildman–Crippen LogP) is 4.95. The molecule has 0 aliphatic carbocycles. The van der Waals surface area contributed by atoms with E-state index in [-0.39, 0.29) is 13.0 Å². The van der Waals surface area contributed by atoms with Crippen molar-refractivity contribution in [2.75, 3.05) is 0 Å². The summed E-state index contributed by atoms with van der Waals surface area (Å²) in [6.45, 7) is 0.249. The molecule has 0 aliphatic rings. The minimum absolute atomic E-state index is 0.0264. The van der Waals surface area contributed by atoms with Gasteiger partial charge in [-0.15, -0.1) is 0 Å². The number of alkyl halides is 3. The Balaban J connectivity index is 1.73. The highest BCUT2D eigenvalue weighted by Crippen LogP contribution is 2.25. The minimum Gasteiger partial charge on any atom is -0.272 e. The Bertz CT molecular complexity index is 795. The van der Waals surface area contributed by atoms with Gasteiger partial charge in [0.2, 0.25) is 0 Å². The molecule has 124 valence electrons. The minimum atomic E-state index is -4.12. The Morgan fingerprint density at radius 1 is 0.917 bits per heavy atom. The molecule has 6 heteroatoms. The van der Waals surface area contributed by atoms with Crippen LogP contribution in [0.15, 0.2) is 60.9 Å². The molecule has 1 aromatic carbocycles. The molecule has 0 atom stereocenters. The van der Waals surface area contributed by atoms with E-state index in [9.17, 15) is 13.2 Å². The monoisotopic (exact) mass is 331 g/mol. The highest BCUT2D eigenvalue weighted by molar-refractivity contribution is 5.69. The average molecular weight is 331 g/mol. The van der Waals surface area contributed by atoms with E-state index in [1.165, 1.54) is 0 Å². The predicted molar refractivity (Wildman–Crippen MR) is 86.2 cm³/mol. The van der Waals surface area contributed by atoms with Crippen molar-refractivity contribution < 1.29 is 13.2 Å². The molecule has 0 amide bonds. The highest BCUT2D eigenvalue weighted by Gasteiger charge is 2.26. The fraction of sp³-hybridized carbons (Fsp3) is 0.222. The van der Waals surface area contributed by atoms with Crippen LogP contribution in [-0.4, -0.2) is 20.9 Å². The van der Waals surface area contributed by atoms with Gasteiger partial charge in [-0.05, 0) is 30.7 Å². The quantitative estimate of drug-likeness (QED) is 0.662. The molecule has 0 aliphatic heterocycles. The Morgan fingerprint density at radius 2 is 1.71 bits per heavy atom. The second-order valence-corrected chi connectivity index (χ2v) is 5.48. The third-order valence-electron chi connectivity index (χ3n) is 3.61. The van der Waals surface area contributed by atoms with E-state index in [2.05, 4.69) is 10.1 Å². The first-order valence-electron chi connectivity index (χ1n) is 7.63. The molecule has 2 aromatic heterocycles. The lowest BCUT2D eigenvalue weighted by molar-refractivity contribution is -0.136. The van der Waals surface area contributed by atoms with Crippen LogP contribution in [0.1, 0.15) is 12.8 Å². The number of hydrogen-bond acceptors (Lipinski definition) is 2. The Hall–Kier alpha value is -2.63. The first kappa shape index (κ1) is 16.2. The SMILES string of the molecule is FC(F)(F)CCCn1ccc(-c2cccc(-c3ccccn3)c2)n1. The van der Waals surface area contributed by atoms with Gasteiger partial charge < -0.3 is 0 Å². The zero-order valence-corrected chi connectivity index (χ0v) is 12.9. The van der Waals surface area contributed by atoms with E-state index in [1.54, 1.807) is 17.1 Å². The molecule has 0 saturated carbocycles. The van der Waals surface area contributed by atoms with Crippen molar-refractivity contribution >= 4 is 0 Å². The highest BCUT2D eigenvalue weighted by atomic mass is 19.4. The Labute approximate surface area is 137 Å². The van der Waals surface area contributed by atoms with E-state index < -0.39 is 12.6 Å². The number of pyridine rings is 1. The molecule has 3 nitrogen and oxygen atoms in total. The second-order valence-electron chi connectivity index (χ2n) is 5.48. The first-order chi connectivity index (χ1) is 11.5. The van der Waals surface area contributed by atoms with Gasteiger partial charge in [0.1, 0.15) is 0 Å². The first-order valence-corrected chi connectivity index (χ1v) is 7.63. The molecule has 0 fully saturated rings. The van der Waals surface area contributed by atoms with Crippen LogP contribution < -0.4 is 0 Å². The number of hydrogen-bond donors (Lipinski definition) is 0. The molecular weight excluding hydrogens is 315 g/mol. The Kier molecular flexibility index (Phi) is 4.64. The van der Waals surface area contributed by atoms with Crippen LogP contribution in [0.4, 0.5) is 13.2 Å². The van der Waals surface area contributed by atoms with Crippen molar-refractivity contribution in [1.29, 1.82) is 0 Å². The third-order valence-corrected chi connectivity index (χ3v) is 3.61. The largest absolute Gasteiger partial charge is 0.389 e. The van der Waals surface area contributed by atoms with E-state index in [4.69, 9.17) is 0 Å². The van der Waals surface area contributed by atoms with Gasteiger partial charge in [0.05, 0.1) is 11.4 Å². The molecule has 0 N–H and O–H groups in total. The van der Waals surface area contributed by atoms with Crippen molar-refractivity contribution in [2.45, 2.75) is 25.6 Å². The number of aryl methyl sites for hydroxylation is 1. The maximum Gasteiger partial charge on any atom is 0.389 e. The van der Waals surface area contributed by atoms with E-state index in [1.807, 2.05) is 48.5 Å². The smallest absolute Gasteiger partial charge is 0.272 e. The van der Waals surface area contributed by atoms with Gasteiger partial charge >= 0.3 is 6.18 Å². The maximum absolute atomic E-state index is 12.2. The zero-order valence-electron chi connectivity index (χ0n) is 12.9. The molecule has 24 heavy (non-hydrogen) atoms. The lowest BCUT2D eigenvalue weighted by Gasteiger charge is -2.06. The fourth-order valence-electron chi connectivity index (χ4n) is 2.45. The molecule has 3 rings (SSSR count). The van der Waals surface area contributed by atoms with Gasteiger partial charge in [-0.3, -0.25) is 9.67 Å². The number of nitrogens with zero attached hydrogens (tertiary/aromatic N) is 3. The second kappa shape index (κ2) is 6.86. The van der Waals surface area contributed by atoms with Crippen LogP contribution >= 0.6 is 0 Å². The van der Waals surface area contributed by atoms with Crippen molar-refractivity contribution in [2.24, 2.45) is 0 Å². The van der Waals surface area contributed by atoms with Crippen molar-refractivity contribution in [3.8, 4) is 22.5 Å². The number of aromatic nitrogens is 3. The normalized spacial score (nSPS) is 11.6. The topological polar surface area (TPSA) is 30.7 Å².